The lowest BCUT2D eigenvalue weighted by Gasteiger charge is -2.13. The molecule has 1 fully saturated rings. The Morgan fingerprint density at radius 2 is 2.13 bits per heavy atom. The van der Waals surface area contributed by atoms with Crippen LogP contribution in [0.25, 0.3) is 0 Å². The lowest BCUT2D eigenvalue weighted by atomic mass is 10.3. The van der Waals surface area contributed by atoms with Crippen LogP contribution in [0.4, 0.5) is 4.79 Å². The summed E-state index contributed by atoms with van der Waals surface area (Å²) in [5.41, 5.74) is 0. The van der Waals surface area contributed by atoms with E-state index in [0.717, 1.165) is 0 Å². The first-order valence-corrected chi connectivity index (χ1v) is 5.00. The first kappa shape index (κ1) is 9.92. The molecule has 78 valence electrons. The number of benzene rings is 1. The molecule has 1 aliphatic heterocycles. The van der Waals surface area contributed by atoms with Crippen LogP contribution in [0.3, 0.4) is 0 Å². The molecule has 1 aliphatic rings. The maximum Gasteiger partial charge on any atom is 0.421 e. The molecule has 1 aromatic rings. The highest BCUT2D eigenvalue weighted by Gasteiger charge is 2.24. The van der Waals surface area contributed by atoms with Crippen molar-refractivity contribution in [1.29, 1.82) is 0 Å². The highest BCUT2D eigenvalue weighted by Crippen LogP contribution is 2.11. The third-order valence-corrected chi connectivity index (χ3v) is 2.39. The van der Waals surface area contributed by atoms with Crippen molar-refractivity contribution in [3.63, 3.8) is 0 Å². The van der Waals surface area contributed by atoms with Gasteiger partial charge in [-0.1, -0.05) is 18.2 Å². The molecule has 0 saturated carbocycles. The highest BCUT2D eigenvalue weighted by atomic mass is 32.1. The van der Waals surface area contributed by atoms with Crippen molar-refractivity contribution in [2.45, 2.75) is 0 Å². The van der Waals surface area contributed by atoms with E-state index >= 15 is 0 Å². The van der Waals surface area contributed by atoms with Crippen molar-refractivity contribution >= 4 is 23.4 Å². The van der Waals surface area contributed by atoms with E-state index in [1.54, 1.807) is 12.1 Å². The Labute approximate surface area is 92.8 Å². The highest BCUT2D eigenvalue weighted by molar-refractivity contribution is 7.80. The first-order chi connectivity index (χ1) is 7.27. The average molecular weight is 222 g/mol. The van der Waals surface area contributed by atoms with Gasteiger partial charge in [0.15, 0.2) is 5.11 Å². The number of hydrogen-bond donors (Lipinski definition) is 1. The maximum atomic E-state index is 11.6. The fourth-order valence-electron chi connectivity index (χ4n) is 1.29. The van der Waals surface area contributed by atoms with E-state index in [1.807, 2.05) is 18.2 Å². The van der Waals surface area contributed by atoms with Gasteiger partial charge in [0.1, 0.15) is 5.75 Å². The summed E-state index contributed by atoms with van der Waals surface area (Å²) < 4.78 is 5.13. The van der Waals surface area contributed by atoms with E-state index in [0.29, 0.717) is 24.0 Å². The van der Waals surface area contributed by atoms with Gasteiger partial charge >= 0.3 is 6.09 Å². The number of nitrogens with zero attached hydrogens (tertiary/aromatic N) is 1. The van der Waals surface area contributed by atoms with Gasteiger partial charge in [-0.2, -0.15) is 0 Å². The van der Waals surface area contributed by atoms with Gasteiger partial charge < -0.3 is 10.1 Å². The molecule has 0 atom stereocenters. The van der Waals surface area contributed by atoms with Gasteiger partial charge in [-0.05, 0) is 24.4 Å². The molecule has 0 spiro atoms. The fourth-order valence-corrected chi connectivity index (χ4v) is 1.56. The van der Waals surface area contributed by atoms with Crippen LogP contribution in [0.1, 0.15) is 0 Å². The average Bonchev–Trinajstić information content (AvgIpc) is 2.66. The minimum Gasteiger partial charge on any atom is -0.410 e. The molecular formula is C10H10N2O2S. The van der Waals surface area contributed by atoms with E-state index in [9.17, 15) is 4.79 Å². The largest absolute Gasteiger partial charge is 0.421 e. The van der Waals surface area contributed by atoms with Crippen LogP contribution >= 0.6 is 12.2 Å². The molecule has 1 heterocycles. The van der Waals surface area contributed by atoms with Gasteiger partial charge in [0, 0.05) is 13.1 Å². The van der Waals surface area contributed by atoms with Gasteiger partial charge in [0.2, 0.25) is 0 Å². The summed E-state index contributed by atoms with van der Waals surface area (Å²) in [6.45, 7) is 1.24. The van der Waals surface area contributed by atoms with Crippen LogP contribution in [-0.4, -0.2) is 29.2 Å². The standard InChI is InChI=1S/C10H10N2O2S/c13-10(12-7-6-11-9(12)15)14-8-4-2-1-3-5-8/h1-5H,6-7H2,(H,11,15). The molecule has 1 aromatic carbocycles. The van der Waals surface area contributed by atoms with Gasteiger partial charge in [0.25, 0.3) is 0 Å². The summed E-state index contributed by atoms with van der Waals surface area (Å²) in [6, 6.07) is 8.93. The Morgan fingerprint density at radius 3 is 2.73 bits per heavy atom. The molecule has 0 radical (unpaired) electrons. The normalized spacial score (nSPS) is 14.9. The van der Waals surface area contributed by atoms with E-state index < -0.39 is 6.09 Å². The molecule has 15 heavy (non-hydrogen) atoms. The number of thiocarbonyl (C=S) groups is 1. The van der Waals surface area contributed by atoms with Crippen LogP contribution in [0.15, 0.2) is 30.3 Å². The molecule has 4 nitrogen and oxygen atoms in total. The van der Waals surface area contributed by atoms with E-state index in [2.05, 4.69) is 5.32 Å². The van der Waals surface area contributed by atoms with Gasteiger partial charge in [0.05, 0.1) is 0 Å². The summed E-state index contributed by atoms with van der Waals surface area (Å²) in [4.78, 5) is 13.0. The zero-order chi connectivity index (χ0) is 10.7. The lowest BCUT2D eigenvalue weighted by Crippen LogP contribution is -2.36. The minimum absolute atomic E-state index is 0.427. The predicted octanol–water partition coefficient (Wildman–Crippen LogP) is 1.38. The Morgan fingerprint density at radius 1 is 1.40 bits per heavy atom. The quantitative estimate of drug-likeness (QED) is 0.729. The van der Waals surface area contributed by atoms with Crippen molar-refractivity contribution in [1.82, 2.24) is 10.2 Å². The van der Waals surface area contributed by atoms with Crippen LogP contribution in [0, 0.1) is 0 Å². The van der Waals surface area contributed by atoms with Crippen LogP contribution in [0.5, 0.6) is 5.75 Å². The first-order valence-electron chi connectivity index (χ1n) is 4.59. The molecule has 0 aromatic heterocycles. The molecular weight excluding hydrogens is 212 g/mol. The van der Waals surface area contributed by atoms with Crippen LogP contribution < -0.4 is 10.1 Å². The van der Waals surface area contributed by atoms with Crippen molar-refractivity contribution in [3.05, 3.63) is 30.3 Å². The number of carbonyl (C=O) groups is 1. The number of carbonyl (C=O) groups excluding carboxylic acids is 1. The smallest absolute Gasteiger partial charge is 0.410 e. The van der Waals surface area contributed by atoms with Crippen molar-refractivity contribution in [2.75, 3.05) is 13.1 Å². The molecule has 5 heteroatoms. The van der Waals surface area contributed by atoms with E-state index in [-0.39, 0.29) is 0 Å². The van der Waals surface area contributed by atoms with Crippen LogP contribution in [-0.2, 0) is 0 Å². The molecule has 0 bridgehead atoms. The number of amides is 1. The Kier molecular flexibility index (Phi) is 2.82. The summed E-state index contributed by atoms with van der Waals surface area (Å²) in [6.07, 6.45) is -0.434. The summed E-state index contributed by atoms with van der Waals surface area (Å²) in [5, 5.41) is 3.32. The number of hydrogen-bond acceptors (Lipinski definition) is 3. The molecule has 2 rings (SSSR count). The molecule has 0 aliphatic carbocycles. The van der Waals surface area contributed by atoms with Crippen molar-refractivity contribution < 1.29 is 9.53 Å². The van der Waals surface area contributed by atoms with Crippen molar-refractivity contribution in [3.8, 4) is 5.75 Å². The Balaban J connectivity index is 2.01. The third kappa shape index (κ3) is 2.24. The number of para-hydroxylation sites is 1. The summed E-state index contributed by atoms with van der Waals surface area (Å²) in [5.74, 6) is 0.525. The van der Waals surface area contributed by atoms with Gasteiger partial charge in [-0.15, -0.1) is 0 Å². The second kappa shape index (κ2) is 4.27. The van der Waals surface area contributed by atoms with E-state index in [4.69, 9.17) is 17.0 Å². The summed E-state index contributed by atoms with van der Waals surface area (Å²) >= 11 is 4.95. The molecule has 0 unspecified atom stereocenters. The second-order valence-electron chi connectivity index (χ2n) is 3.06. The maximum absolute atomic E-state index is 11.6. The number of ether oxygens (including phenoxy) is 1. The Bertz CT molecular complexity index is 380. The Hall–Kier alpha value is -1.62. The SMILES string of the molecule is O=C(Oc1ccccc1)N1CCNC1=S. The minimum atomic E-state index is -0.434. The monoisotopic (exact) mass is 222 g/mol. The number of rotatable bonds is 1. The molecule has 1 amide bonds. The van der Waals surface area contributed by atoms with Crippen molar-refractivity contribution in [2.24, 2.45) is 0 Å². The summed E-state index contributed by atoms with van der Waals surface area (Å²) in [7, 11) is 0. The second-order valence-corrected chi connectivity index (χ2v) is 3.45. The van der Waals surface area contributed by atoms with E-state index in [1.165, 1.54) is 4.90 Å². The zero-order valence-electron chi connectivity index (χ0n) is 7.97. The predicted molar refractivity (Wildman–Crippen MR) is 59.8 cm³/mol. The van der Waals surface area contributed by atoms with Gasteiger partial charge in [-0.25, -0.2) is 4.79 Å². The lowest BCUT2D eigenvalue weighted by molar-refractivity contribution is 0.180. The molecule has 1 saturated heterocycles. The fraction of sp³-hybridized carbons (Fsp3) is 0.200. The zero-order valence-corrected chi connectivity index (χ0v) is 8.79. The third-order valence-electron chi connectivity index (χ3n) is 2.03. The number of nitrogens with one attached hydrogen (secondary N) is 1. The topological polar surface area (TPSA) is 41.6 Å². The van der Waals surface area contributed by atoms with Crippen LogP contribution in [0.2, 0.25) is 0 Å². The van der Waals surface area contributed by atoms with Gasteiger partial charge in [-0.3, -0.25) is 4.90 Å². The molecule has 1 N–H and O–H groups in total.